The second-order valence-electron chi connectivity index (χ2n) is 14.0. The molecule has 0 aromatic heterocycles. The predicted molar refractivity (Wildman–Crippen MR) is 198 cm³/mol. The van der Waals surface area contributed by atoms with Crippen molar-refractivity contribution in [2.45, 2.75) is 118 Å². The van der Waals surface area contributed by atoms with Crippen molar-refractivity contribution < 1.29 is 118 Å². The van der Waals surface area contributed by atoms with Gasteiger partial charge in [0.1, 0.15) is 73.9 Å². The minimum absolute atomic E-state index is 0.00945. The summed E-state index contributed by atoms with van der Waals surface area (Å²) in [5.41, 5.74) is 0. The van der Waals surface area contributed by atoms with E-state index in [1.54, 1.807) is 0 Å². The number of aliphatic carboxylic acids is 1. The van der Waals surface area contributed by atoms with Crippen LogP contribution >= 0.6 is 11.8 Å². The molecular weight excluding hydrogens is 852 g/mol. The number of thioether (sulfide) groups is 1. The molecule has 3 aliphatic heterocycles. The summed E-state index contributed by atoms with van der Waals surface area (Å²) >= 11 is 0.876. The van der Waals surface area contributed by atoms with E-state index in [2.05, 4.69) is 10.6 Å². The molecule has 0 saturated carbocycles. The Bertz CT molecular complexity index is 1370. The number of hydrogen-bond acceptors (Lipinski definition) is 24. The Morgan fingerprint density at radius 2 is 1.39 bits per heavy atom. The van der Waals surface area contributed by atoms with Crippen molar-refractivity contribution in [3.05, 3.63) is 0 Å². The third-order valence-corrected chi connectivity index (χ3v) is 10.3. The minimum atomic E-state index is -3.06. The van der Waals surface area contributed by atoms with Crippen molar-refractivity contribution in [3.8, 4) is 0 Å². The number of carboxylic acid groups (broad SMARTS) is 1. The van der Waals surface area contributed by atoms with Gasteiger partial charge in [0.25, 0.3) is 5.79 Å². The first-order valence-electron chi connectivity index (χ1n) is 19.1. The van der Waals surface area contributed by atoms with Gasteiger partial charge >= 0.3 is 5.97 Å². The highest BCUT2D eigenvalue weighted by atomic mass is 32.2. The SMILES string of the molecule is CC(=O)N[C@H]1[C@H]([C@H](O)[C@H](O)CO)O[C@@](O[C@H]2[C@@H](O)[C@@H](CO)O[C@@H](O[C@H]3[C@H](O)[C@@H](O)[C@H](OCCOCCOCCOCNC(=O)CSC(C)=O)O[C@@H]3CO)[C@@H]2O)(C(=O)O)C[C@@H]1O. The lowest BCUT2D eigenvalue weighted by molar-refractivity contribution is -0.386. The Kier molecular flexibility index (Phi) is 22.5. The van der Waals surface area contributed by atoms with Gasteiger partial charge in [-0.2, -0.15) is 0 Å². The number of aliphatic hydroxyl groups is 10. The highest BCUT2D eigenvalue weighted by Gasteiger charge is 2.60. The van der Waals surface area contributed by atoms with Crippen molar-refractivity contribution in [1.82, 2.24) is 10.6 Å². The van der Waals surface area contributed by atoms with Crippen LogP contribution in [0.4, 0.5) is 0 Å². The van der Waals surface area contributed by atoms with Gasteiger partial charge in [0.05, 0.1) is 77.4 Å². The van der Waals surface area contributed by atoms with E-state index in [4.69, 9.17) is 42.6 Å². The molecular formula is C34H58N2O24S. The number of nitrogens with one attached hydrogen (secondary N) is 2. The maximum atomic E-state index is 12.8. The standard InChI is InChI=1S/C34H58N2O24S/c1-15(40)36-22-17(42)9-34(33(50)51,59-29(22)23(45)18(43)10-37)60-30-24(46)19(11-38)56-32(27(30)49)58-28-20(12-39)57-31(26(48)25(28)47)55-8-7-53-4-3-52-5-6-54-14-35-21(44)13-61-16(2)41/h17-20,22-32,37-39,42-43,45-49H,3-14H2,1-2H3,(H,35,44)(H,36,40)(H,50,51)/t17-,18+,19+,20+,22+,23+,24-,25+,26+,27+,28+,29+,30-,31+,32-,34-/m0/s1. The van der Waals surface area contributed by atoms with Crippen molar-refractivity contribution in [3.63, 3.8) is 0 Å². The Morgan fingerprint density at radius 3 is 1.97 bits per heavy atom. The maximum absolute atomic E-state index is 12.8. The molecule has 0 radical (unpaired) electrons. The molecule has 0 unspecified atom stereocenters. The lowest BCUT2D eigenvalue weighted by atomic mass is 9.88. The maximum Gasteiger partial charge on any atom is 0.364 e. The summed E-state index contributed by atoms with van der Waals surface area (Å²) in [5.74, 6) is -6.16. The van der Waals surface area contributed by atoms with E-state index in [9.17, 15) is 75.3 Å². The van der Waals surface area contributed by atoms with Gasteiger partial charge in [-0.15, -0.1) is 0 Å². The Hall–Kier alpha value is -2.33. The van der Waals surface area contributed by atoms with E-state index >= 15 is 0 Å². The summed E-state index contributed by atoms with van der Waals surface area (Å²) < 4.78 is 49.4. The molecule has 27 heteroatoms. The lowest BCUT2D eigenvalue weighted by Gasteiger charge is -2.50. The molecule has 0 aromatic carbocycles. The Balaban J connectivity index is 1.57. The lowest BCUT2D eigenvalue weighted by Crippen LogP contribution is -2.70. The van der Waals surface area contributed by atoms with Crippen LogP contribution in [-0.2, 0) is 61.8 Å². The highest BCUT2D eigenvalue weighted by Crippen LogP contribution is 2.38. The fourth-order valence-corrected chi connectivity index (χ4v) is 6.81. The number of rotatable bonds is 25. The number of aliphatic hydroxyl groups excluding tert-OH is 10. The quantitative estimate of drug-likeness (QED) is 0.0299. The molecule has 26 nitrogen and oxygen atoms in total. The summed E-state index contributed by atoms with van der Waals surface area (Å²) in [5, 5.41) is 120. The molecule has 3 rings (SSSR count). The van der Waals surface area contributed by atoms with Crippen LogP contribution in [0.1, 0.15) is 20.3 Å². The van der Waals surface area contributed by atoms with Gasteiger partial charge in [0.2, 0.25) is 11.8 Å². The number of amides is 2. The smallest absolute Gasteiger partial charge is 0.364 e. The highest BCUT2D eigenvalue weighted by molar-refractivity contribution is 8.14. The van der Waals surface area contributed by atoms with Crippen LogP contribution in [0.25, 0.3) is 0 Å². The normalized spacial score (nSPS) is 35.2. The molecule has 0 aliphatic carbocycles. The van der Waals surface area contributed by atoms with E-state index in [0.717, 1.165) is 18.7 Å². The number of carbonyl (C=O) groups excluding carboxylic acids is 3. The molecule has 3 saturated heterocycles. The van der Waals surface area contributed by atoms with Crippen molar-refractivity contribution in [2.24, 2.45) is 0 Å². The fourth-order valence-electron chi connectivity index (χ4n) is 6.37. The molecule has 3 aliphatic rings. The average molecular weight is 911 g/mol. The Morgan fingerprint density at radius 1 is 0.787 bits per heavy atom. The van der Waals surface area contributed by atoms with Gasteiger partial charge in [0, 0.05) is 20.3 Å². The number of carbonyl (C=O) groups is 4. The summed E-state index contributed by atoms with van der Waals surface area (Å²) in [7, 11) is 0. The number of carboxylic acids is 1. The zero-order chi connectivity index (χ0) is 45.4. The molecule has 3 heterocycles. The summed E-state index contributed by atoms with van der Waals surface area (Å²) in [6.07, 6.45) is -27.6. The van der Waals surface area contributed by atoms with E-state index in [-0.39, 0.29) is 63.1 Å². The van der Waals surface area contributed by atoms with Gasteiger partial charge in [-0.3, -0.25) is 14.4 Å². The zero-order valence-electron chi connectivity index (χ0n) is 33.3. The van der Waals surface area contributed by atoms with Gasteiger partial charge in [-0.25, -0.2) is 4.79 Å². The van der Waals surface area contributed by atoms with Crippen LogP contribution in [-0.4, -0.2) is 249 Å². The van der Waals surface area contributed by atoms with Crippen molar-refractivity contribution >= 4 is 34.7 Å². The molecule has 0 spiro atoms. The zero-order valence-corrected chi connectivity index (χ0v) is 34.1. The Labute approximate surface area is 352 Å². The summed E-state index contributed by atoms with van der Waals surface area (Å²) in [4.78, 5) is 47.0. The molecule has 13 N–H and O–H groups in total. The van der Waals surface area contributed by atoms with Crippen molar-refractivity contribution in [1.29, 1.82) is 0 Å². The van der Waals surface area contributed by atoms with Crippen LogP contribution in [0.3, 0.4) is 0 Å². The van der Waals surface area contributed by atoms with E-state index < -0.39 is 136 Å². The second-order valence-corrected chi connectivity index (χ2v) is 15.2. The van der Waals surface area contributed by atoms with Crippen LogP contribution in [0.15, 0.2) is 0 Å². The molecule has 0 aromatic rings. The molecule has 16 atom stereocenters. The molecule has 2 amide bonds. The first-order valence-corrected chi connectivity index (χ1v) is 20.1. The largest absolute Gasteiger partial charge is 0.477 e. The molecule has 0 bridgehead atoms. The van der Waals surface area contributed by atoms with Crippen LogP contribution in [0.2, 0.25) is 0 Å². The summed E-state index contributed by atoms with van der Waals surface area (Å²) in [6, 6.07) is -1.57. The predicted octanol–water partition coefficient (Wildman–Crippen LogP) is -7.80. The van der Waals surface area contributed by atoms with Gasteiger partial charge in [-0.1, -0.05) is 11.8 Å². The van der Waals surface area contributed by atoms with Crippen LogP contribution in [0, 0.1) is 0 Å². The topological polar surface area (TPSA) is 398 Å². The van der Waals surface area contributed by atoms with Gasteiger partial charge < -0.3 is 109 Å². The first kappa shape index (κ1) is 53.0. The molecule has 3 fully saturated rings. The number of hydrogen-bond donors (Lipinski definition) is 13. The van der Waals surface area contributed by atoms with Crippen LogP contribution in [0.5, 0.6) is 0 Å². The second kappa shape index (κ2) is 25.8. The van der Waals surface area contributed by atoms with Crippen LogP contribution < -0.4 is 10.6 Å². The van der Waals surface area contributed by atoms with Gasteiger partial charge in [-0.05, 0) is 0 Å². The van der Waals surface area contributed by atoms with E-state index in [0.29, 0.717) is 0 Å². The minimum Gasteiger partial charge on any atom is -0.477 e. The van der Waals surface area contributed by atoms with Crippen molar-refractivity contribution in [2.75, 3.05) is 71.9 Å². The van der Waals surface area contributed by atoms with E-state index in [1.165, 1.54) is 6.92 Å². The van der Waals surface area contributed by atoms with Gasteiger partial charge in [0.15, 0.2) is 17.7 Å². The first-order chi connectivity index (χ1) is 28.9. The third-order valence-electron chi connectivity index (χ3n) is 9.48. The third kappa shape index (κ3) is 15.1. The average Bonchev–Trinajstić information content (AvgIpc) is 3.22. The van der Waals surface area contributed by atoms with E-state index in [1.807, 2.05) is 0 Å². The molecule has 354 valence electrons. The summed E-state index contributed by atoms with van der Waals surface area (Å²) in [6.45, 7) is -0.147. The number of ether oxygens (including phenoxy) is 9. The monoisotopic (exact) mass is 910 g/mol. The molecule has 61 heavy (non-hydrogen) atoms. The fraction of sp³-hybridized carbons (Fsp3) is 0.882.